The topological polar surface area (TPSA) is 321 Å². The number of aliphatic hydroxyl groups excluding tert-OH is 8. The standard InChI is InChI=1S/C32H47NO19/c1-14(36)33-22-16(37)10-32(31(45)46,51-27(22)23(39)17(38)11-34)52-28-25(41)20(12-35)50-30(26(28)42)49-18-7-8-47-21(24(18)40)13-48-19(29(43)44)9-15-5-3-2-4-6-15/h2-6,16-28,30,34-35,37-42H,7-13H2,1H3,(H,33,36)(H,43,44)(H,45,46)/t16-,17+,18+,19-,20+,21+,22+,23-,24+,25-,26+,27+,28-,30+,32-/m0/s1. The van der Waals surface area contributed by atoms with Crippen LogP contribution >= 0.6 is 0 Å². The molecule has 0 bridgehead atoms. The van der Waals surface area contributed by atoms with Gasteiger partial charge in [0.15, 0.2) is 12.4 Å². The number of rotatable bonds is 16. The van der Waals surface area contributed by atoms with Crippen LogP contribution < -0.4 is 5.32 Å². The minimum Gasteiger partial charge on any atom is -0.479 e. The summed E-state index contributed by atoms with van der Waals surface area (Å²) in [7, 11) is 0. The number of hydrogen-bond acceptors (Lipinski definition) is 17. The van der Waals surface area contributed by atoms with Crippen molar-refractivity contribution >= 4 is 17.8 Å². The molecule has 3 saturated heterocycles. The number of carbonyl (C=O) groups excluding carboxylic acids is 1. The van der Waals surface area contributed by atoms with Crippen LogP contribution in [-0.4, -0.2) is 187 Å². The second kappa shape index (κ2) is 18.4. The number of hydrogen-bond donors (Lipinski definition) is 11. The smallest absolute Gasteiger partial charge is 0.364 e. The summed E-state index contributed by atoms with van der Waals surface area (Å²) in [5, 5.41) is 107. The van der Waals surface area contributed by atoms with Gasteiger partial charge in [0.1, 0.15) is 54.9 Å². The molecule has 0 aliphatic carbocycles. The quantitative estimate of drug-likeness (QED) is 0.0755. The first-order valence-electron chi connectivity index (χ1n) is 16.6. The van der Waals surface area contributed by atoms with Crippen molar-refractivity contribution in [3.05, 3.63) is 35.9 Å². The van der Waals surface area contributed by atoms with E-state index in [4.69, 9.17) is 28.4 Å². The fraction of sp³-hybridized carbons (Fsp3) is 0.719. The van der Waals surface area contributed by atoms with Gasteiger partial charge in [-0.1, -0.05) is 30.3 Å². The van der Waals surface area contributed by atoms with Gasteiger partial charge in [-0.25, -0.2) is 9.59 Å². The lowest BCUT2D eigenvalue weighted by Crippen LogP contribution is -2.70. The van der Waals surface area contributed by atoms with E-state index in [1.807, 2.05) is 0 Å². The highest BCUT2D eigenvalue weighted by Crippen LogP contribution is 2.38. The summed E-state index contributed by atoms with van der Waals surface area (Å²) in [6.45, 7) is -1.27. The van der Waals surface area contributed by atoms with E-state index in [9.17, 15) is 65.4 Å². The molecule has 3 fully saturated rings. The van der Waals surface area contributed by atoms with Crippen molar-refractivity contribution in [2.24, 2.45) is 0 Å². The van der Waals surface area contributed by atoms with Crippen LogP contribution in [0.15, 0.2) is 30.3 Å². The van der Waals surface area contributed by atoms with Gasteiger partial charge in [0.05, 0.1) is 38.1 Å². The van der Waals surface area contributed by atoms with Gasteiger partial charge in [0.2, 0.25) is 5.91 Å². The normalized spacial score (nSPS) is 37.1. The van der Waals surface area contributed by atoms with Crippen LogP contribution in [0, 0.1) is 0 Å². The lowest BCUT2D eigenvalue weighted by Gasteiger charge is -2.50. The van der Waals surface area contributed by atoms with Crippen LogP contribution in [0.25, 0.3) is 0 Å². The number of carbonyl (C=O) groups is 3. The Morgan fingerprint density at radius 1 is 1.00 bits per heavy atom. The maximum atomic E-state index is 12.7. The van der Waals surface area contributed by atoms with Crippen LogP contribution in [0.4, 0.5) is 0 Å². The van der Waals surface area contributed by atoms with Gasteiger partial charge in [0.25, 0.3) is 5.79 Å². The van der Waals surface area contributed by atoms with E-state index in [0.717, 1.165) is 6.92 Å². The Morgan fingerprint density at radius 3 is 2.29 bits per heavy atom. The van der Waals surface area contributed by atoms with Gasteiger partial charge >= 0.3 is 11.9 Å². The zero-order chi connectivity index (χ0) is 38.3. The molecule has 3 aliphatic heterocycles. The molecule has 15 atom stereocenters. The first-order valence-corrected chi connectivity index (χ1v) is 16.6. The van der Waals surface area contributed by atoms with E-state index in [0.29, 0.717) is 5.56 Å². The van der Waals surface area contributed by atoms with Crippen LogP contribution in [0.3, 0.4) is 0 Å². The van der Waals surface area contributed by atoms with E-state index in [-0.39, 0.29) is 26.1 Å². The summed E-state index contributed by atoms with van der Waals surface area (Å²) < 4.78 is 33.8. The Morgan fingerprint density at radius 2 is 1.69 bits per heavy atom. The van der Waals surface area contributed by atoms with Crippen molar-refractivity contribution in [2.75, 3.05) is 26.4 Å². The predicted octanol–water partition coefficient (Wildman–Crippen LogP) is -4.79. The molecular formula is C32H47NO19. The molecule has 20 heteroatoms. The van der Waals surface area contributed by atoms with Gasteiger partial charge in [-0.2, -0.15) is 0 Å². The molecule has 52 heavy (non-hydrogen) atoms. The summed E-state index contributed by atoms with van der Waals surface area (Å²) in [4.78, 5) is 36.4. The van der Waals surface area contributed by atoms with Crippen molar-refractivity contribution < 1.29 is 93.9 Å². The minimum absolute atomic E-state index is 0.0140. The molecule has 4 rings (SSSR count). The Labute approximate surface area is 297 Å². The largest absolute Gasteiger partial charge is 0.479 e. The molecule has 1 amide bonds. The fourth-order valence-electron chi connectivity index (χ4n) is 6.34. The monoisotopic (exact) mass is 749 g/mol. The molecular weight excluding hydrogens is 702 g/mol. The molecule has 294 valence electrons. The number of amides is 1. The zero-order valence-electron chi connectivity index (χ0n) is 28.1. The zero-order valence-corrected chi connectivity index (χ0v) is 28.1. The Hall–Kier alpha value is -2.93. The Bertz CT molecular complexity index is 1320. The third kappa shape index (κ3) is 9.78. The van der Waals surface area contributed by atoms with Gasteiger partial charge in [0, 0.05) is 26.4 Å². The Kier molecular flexibility index (Phi) is 14.8. The fourth-order valence-corrected chi connectivity index (χ4v) is 6.34. The highest BCUT2D eigenvalue weighted by Gasteiger charge is 2.59. The minimum atomic E-state index is -2.98. The van der Waals surface area contributed by atoms with Gasteiger partial charge < -0.3 is 84.8 Å². The number of carboxylic acid groups (broad SMARTS) is 2. The van der Waals surface area contributed by atoms with Crippen LogP contribution in [0.1, 0.15) is 25.3 Å². The summed E-state index contributed by atoms with van der Waals surface area (Å²) >= 11 is 0. The summed E-state index contributed by atoms with van der Waals surface area (Å²) in [5.41, 5.74) is 0.696. The van der Waals surface area contributed by atoms with Crippen molar-refractivity contribution in [3.63, 3.8) is 0 Å². The second-order valence-corrected chi connectivity index (χ2v) is 12.9. The number of aliphatic hydroxyl groups is 8. The molecule has 1 aromatic carbocycles. The maximum Gasteiger partial charge on any atom is 0.364 e. The van der Waals surface area contributed by atoms with E-state index in [1.54, 1.807) is 30.3 Å². The molecule has 0 saturated carbocycles. The van der Waals surface area contributed by atoms with Crippen LogP contribution in [0.5, 0.6) is 0 Å². The lowest BCUT2D eigenvalue weighted by atomic mass is 9.88. The van der Waals surface area contributed by atoms with E-state index in [1.165, 1.54) is 0 Å². The van der Waals surface area contributed by atoms with Crippen LogP contribution in [-0.2, 0) is 49.2 Å². The average molecular weight is 750 g/mol. The van der Waals surface area contributed by atoms with E-state index < -0.39 is 129 Å². The van der Waals surface area contributed by atoms with Crippen molar-refractivity contribution in [1.82, 2.24) is 5.32 Å². The number of carboxylic acids is 2. The van der Waals surface area contributed by atoms with Gasteiger partial charge in [-0.15, -0.1) is 0 Å². The maximum absolute atomic E-state index is 12.7. The lowest BCUT2D eigenvalue weighted by molar-refractivity contribution is -0.376. The molecule has 1 aromatic rings. The summed E-state index contributed by atoms with van der Waals surface area (Å²) in [6, 6.07) is 7.18. The van der Waals surface area contributed by atoms with Crippen molar-refractivity contribution in [3.8, 4) is 0 Å². The molecule has 3 aliphatic rings. The SMILES string of the molecule is CC(=O)N[C@H]1[C@H]([C@@H](O)[C@H](O)CO)O[C@@](O[C@H]2[C@@H](O)[C@@H](CO)O[C@@H](O[C@@H]3CCO[C@H](CO[C@@H](Cc4ccccc4)C(=O)O)[C@@H]3O)[C@@H]2O)(C(=O)O)C[C@@H]1O. The average Bonchev–Trinajstić information content (AvgIpc) is 3.11. The highest BCUT2D eigenvalue weighted by atomic mass is 16.8. The third-order valence-electron chi connectivity index (χ3n) is 9.14. The first kappa shape index (κ1) is 41.8. The molecule has 3 heterocycles. The van der Waals surface area contributed by atoms with Gasteiger partial charge in [-0.05, 0) is 12.0 Å². The highest BCUT2D eigenvalue weighted by molar-refractivity contribution is 5.76. The Balaban J connectivity index is 1.51. The second-order valence-electron chi connectivity index (χ2n) is 12.9. The molecule has 0 spiro atoms. The number of ether oxygens (including phenoxy) is 6. The van der Waals surface area contributed by atoms with E-state index in [2.05, 4.69) is 5.32 Å². The first-order chi connectivity index (χ1) is 24.6. The van der Waals surface area contributed by atoms with Crippen molar-refractivity contribution in [2.45, 2.75) is 118 Å². The number of benzene rings is 1. The molecule has 0 radical (unpaired) electrons. The van der Waals surface area contributed by atoms with E-state index >= 15 is 0 Å². The summed E-state index contributed by atoms with van der Waals surface area (Å²) in [6.07, 6.45) is -23.2. The van der Waals surface area contributed by atoms with Crippen LogP contribution in [0.2, 0.25) is 0 Å². The van der Waals surface area contributed by atoms with Gasteiger partial charge in [-0.3, -0.25) is 4.79 Å². The summed E-state index contributed by atoms with van der Waals surface area (Å²) in [5.74, 6) is -6.89. The molecule has 0 unspecified atom stereocenters. The van der Waals surface area contributed by atoms with Crippen molar-refractivity contribution in [1.29, 1.82) is 0 Å². The third-order valence-corrected chi connectivity index (χ3v) is 9.14. The number of aliphatic carboxylic acids is 2. The predicted molar refractivity (Wildman–Crippen MR) is 168 cm³/mol. The molecule has 11 N–H and O–H groups in total. The molecule has 0 aromatic heterocycles. The molecule has 20 nitrogen and oxygen atoms in total. The number of nitrogens with one attached hydrogen (secondary N) is 1.